The molecular formula is C14H11BrF2N2O2. The molecule has 0 spiro atoms. The van der Waals surface area contributed by atoms with Crippen molar-refractivity contribution in [3.63, 3.8) is 0 Å². The summed E-state index contributed by atoms with van der Waals surface area (Å²) in [7, 11) is 0. The Morgan fingerprint density at radius 3 is 2.71 bits per heavy atom. The Hall–Kier alpha value is -2.02. The van der Waals surface area contributed by atoms with Crippen LogP contribution in [-0.4, -0.2) is 17.6 Å². The van der Waals surface area contributed by atoms with Crippen LogP contribution in [-0.2, 0) is 4.74 Å². The molecule has 0 radical (unpaired) electrons. The van der Waals surface area contributed by atoms with Crippen molar-refractivity contribution in [2.24, 2.45) is 0 Å². The maximum atomic E-state index is 13.7. The number of hydrogen-bond donors (Lipinski definition) is 1. The van der Waals surface area contributed by atoms with Crippen molar-refractivity contribution in [2.45, 2.75) is 6.92 Å². The van der Waals surface area contributed by atoms with Crippen molar-refractivity contribution in [2.75, 3.05) is 11.9 Å². The van der Waals surface area contributed by atoms with Crippen LogP contribution in [0.15, 0.2) is 34.9 Å². The topological polar surface area (TPSA) is 51.2 Å². The predicted molar refractivity (Wildman–Crippen MR) is 77.5 cm³/mol. The molecule has 1 aromatic heterocycles. The Bertz CT molecular complexity index is 663. The Labute approximate surface area is 128 Å². The van der Waals surface area contributed by atoms with Gasteiger partial charge in [0.1, 0.15) is 17.5 Å². The highest BCUT2D eigenvalue weighted by Gasteiger charge is 2.10. The fourth-order valence-electron chi connectivity index (χ4n) is 1.56. The largest absolute Gasteiger partial charge is 0.462 e. The molecule has 0 atom stereocenters. The minimum atomic E-state index is -0.625. The van der Waals surface area contributed by atoms with Gasteiger partial charge in [0.05, 0.1) is 22.3 Å². The zero-order valence-electron chi connectivity index (χ0n) is 11.0. The first-order valence-corrected chi connectivity index (χ1v) is 6.85. The Morgan fingerprint density at radius 1 is 1.33 bits per heavy atom. The standard InChI is InChI=1S/C14H11BrF2N2O2/c1-2-21-14(20)8-3-4-13(18-7-8)19-12-6-10(16)9(15)5-11(12)17/h3-7H,2H2,1H3,(H,18,19). The van der Waals surface area contributed by atoms with Crippen LogP contribution >= 0.6 is 15.9 Å². The summed E-state index contributed by atoms with van der Waals surface area (Å²) >= 11 is 2.90. The van der Waals surface area contributed by atoms with Gasteiger partial charge in [-0.2, -0.15) is 0 Å². The van der Waals surface area contributed by atoms with Crippen molar-refractivity contribution >= 4 is 33.4 Å². The molecule has 1 N–H and O–H groups in total. The van der Waals surface area contributed by atoms with E-state index in [2.05, 4.69) is 26.2 Å². The number of nitrogens with zero attached hydrogens (tertiary/aromatic N) is 1. The van der Waals surface area contributed by atoms with Gasteiger partial charge in [-0.1, -0.05) is 0 Å². The summed E-state index contributed by atoms with van der Waals surface area (Å²) in [5.74, 6) is -1.43. The van der Waals surface area contributed by atoms with Crippen LogP contribution < -0.4 is 5.32 Å². The number of esters is 1. The summed E-state index contributed by atoms with van der Waals surface area (Å²) in [6, 6.07) is 5.00. The first-order chi connectivity index (χ1) is 10.0. The molecule has 0 aliphatic heterocycles. The van der Waals surface area contributed by atoms with Crippen LogP contribution in [0.1, 0.15) is 17.3 Å². The van der Waals surface area contributed by atoms with Gasteiger partial charge in [0, 0.05) is 12.3 Å². The summed E-state index contributed by atoms with van der Waals surface area (Å²) < 4.78 is 31.9. The molecule has 2 rings (SSSR count). The summed E-state index contributed by atoms with van der Waals surface area (Å²) in [4.78, 5) is 15.4. The van der Waals surface area contributed by atoms with Gasteiger partial charge in [-0.15, -0.1) is 0 Å². The number of rotatable bonds is 4. The molecule has 0 aliphatic carbocycles. The second-order valence-corrected chi connectivity index (χ2v) is 4.88. The lowest BCUT2D eigenvalue weighted by atomic mass is 10.2. The number of carbonyl (C=O) groups is 1. The van der Waals surface area contributed by atoms with E-state index in [0.717, 1.165) is 12.1 Å². The maximum absolute atomic E-state index is 13.7. The molecule has 0 bridgehead atoms. The zero-order valence-corrected chi connectivity index (χ0v) is 12.6. The number of halogens is 3. The number of anilines is 2. The highest BCUT2D eigenvalue weighted by atomic mass is 79.9. The molecule has 0 fully saturated rings. The second-order valence-electron chi connectivity index (χ2n) is 4.02. The van der Waals surface area contributed by atoms with Crippen LogP contribution in [0.25, 0.3) is 0 Å². The smallest absolute Gasteiger partial charge is 0.339 e. The molecule has 4 nitrogen and oxygen atoms in total. The summed E-state index contributed by atoms with van der Waals surface area (Å²) in [5, 5.41) is 2.64. The normalized spacial score (nSPS) is 10.3. The monoisotopic (exact) mass is 356 g/mol. The quantitative estimate of drug-likeness (QED) is 0.663. The average molecular weight is 357 g/mol. The highest BCUT2D eigenvalue weighted by Crippen LogP contribution is 2.25. The third kappa shape index (κ3) is 3.75. The van der Waals surface area contributed by atoms with Gasteiger partial charge >= 0.3 is 5.97 Å². The molecule has 0 amide bonds. The first kappa shape index (κ1) is 15.4. The van der Waals surface area contributed by atoms with E-state index in [1.807, 2.05) is 0 Å². The Kier molecular flexibility index (Phi) is 4.85. The third-order valence-electron chi connectivity index (χ3n) is 2.55. The second kappa shape index (κ2) is 6.62. The molecular weight excluding hydrogens is 346 g/mol. The minimum absolute atomic E-state index is 0.0381. The predicted octanol–water partition coefficient (Wildman–Crippen LogP) is 4.04. The van der Waals surface area contributed by atoms with Gasteiger partial charge in [-0.05, 0) is 41.1 Å². The van der Waals surface area contributed by atoms with Crippen LogP contribution in [0.5, 0.6) is 0 Å². The number of benzene rings is 1. The van der Waals surface area contributed by atoms with Crippen molar-refractivity contribution in [1.82, 2.24) is 4.98 Å². The molecule has 110 valence electrons. The van der Waals surface area contributed by atoms with Gasteiger partial charge in [0.2, 0.25) is 0 Å². The van der Waals surface area contributed by atoms with Crippen molar-refractivity contribution in [1.29, 1.82) is 0 Å². The summed E-state index contributed by atoms with van der Waals surface area (Å²) in [6.07, 6.45) is 1.30. The summed E-state index contributed by atoms with van der Waals surface area (Å²) in [5.41, 5.74) is 0.233. The molecule has 0 unspecified atom stereocenters. The Balaban J connectivity index is 2.17. The lowest BCUT2D eigenvalue weighted by Gasteiger charge is -2.08. The Morgan fingerprint density at radius 2 is 2.10 bits per heavy atom. The summed E-state index contributed by atoms with van der Waals surface area (Å²) in [6.45, 7) is 1.97. The molecule has 0 saturated carbocycles. The highest BCUT2D eigenvalue weighted by molar-refractivity contribution is 9.10. The van der Waals surface area contributed by atoms with Gasteiger partial charge < -0.3 is 10.1 Å². The number of aromatic nitrogens is 1. The fourth-order valence-corrected chi connectivity index (χ4v) is 1.87. The number of carbonyl (C=O) groups excluding carboxylic acids is 1. The number of hydrogen-bond acceptors (Lipinski definition) is 4. The van der Waals surface area contributed by atoms with Gasteiger partial charge in [0.15, 0.2) is 0 Å². The van der Waals surface area contributed by atoms with Crippen LogP contribution in [0.4, 0.5) is 20.3 Å². The van der Waals surface area contributed by atoms with E-state index in [1.54, 1.807) is 6.92 Å². The maximum Gasteiger partial charge on any atom is 0.339 e. The van der Waals surface area contributed by atoms with Crippen molar-refractivity contribution in [3.8, 4) is 0 Å². The minimum Gasteiger partial charge on any atom is -0.462 e. The SMILES string of the molecule is CCOC(=O)c1ccc(Nc2cc(F)c(Br)cc2F)nc1. The van der Waals surface area contributed by atoms with E-state index in [0.29, 0.717) is 0 Å². The van der Waals surface area contributed by atoms with Gasteiger partial charge in [0.25, 0.3) is 0 Å². The fraction of sp³-hybridized carbons (Fsp3) is 0.143. The van der Waals surface area contributed by atoms with E-state index < -0.39 is 17.6 Å². The number of pyridine rings is 1. The van der Waals surface area contributed by atoms with Crippen LogP contribution in [0, 0.1) is 11.6 Å². The molecule has 2 aromatic rings. The third-order valence-corrected chi connectivity index (χ3v) is 3.16. The molecule has 0 aliphatic rings. The molecule has 7 heteroatoms. The molecule has 0 saturated heterocycles. The van der Waals surface area contributed by atoms with Gasteiger partial charge in [-0.3, -0.25) is 0 Å². The van der Waals surface area contributed by atoms with Crippen molar-refractivity contribution in [3.05, 3.63) is 52.1 Å². The van der Waals surface area contributed by atoms with E-state index in [-0.39, 0.29) is 28.1 Å². The molecule has 1 aromatic carbocycles. The lowest BCUT2D eigenvalue weighted by Crippen LogP contribution is -2.05. The van der Waals surface area contributed by atoms with Crippen molar-refractivity contribution < 1.29 is 18.3 Å². The zero-order chi connectivity index (χ0) is 15.4. The molecule has 1 heterocycles. The van der Waals surface area contributed by atoms with E-state index in [9.17, 15) is 13.6 Å². The van der Waals surface area contributed by atoms with Crippen LogP contribution in [0.2, 0.25) is 0 Å². The van der Waals surface area contributed by atoms with E-state index in [1.165, 1.54) is 18.3 Å². The van der Waals surface area contributed by atoms with E-state index in [4.69, 9.17) is 4.74 Å². The number of ether oxygens (including phenoxy) is 1. The first-order valence-electron chi connectivity index (χ1n) is 6.06. The lowest BCUT2D eigenvalue weighted by molar-refractivity contribution is 0.0526. The van der Waals surface area contributed by atoms with Gasteiger partial charge in [-0.25, -0.2) is 18.6 Å². The average Bonchev–Trinajstić information content (AvgIpc) is 2.46. The van der Waals surface area contributed by atoms with Crippen LogP contribution in [0.3, 0.4) is 0 Å². The number of nitrogens with one attached hydrogen (secondary N) is 1. The molecule has 21 heavy (non-hydrogen) atoms. The van der Waals surface area contributed by atoms with E-state index >= 15 is 0 Å².